The van der Waals surface area contributed by atoms with Gasteiger partial charge in [-0.2, -0.15) is 0 Å². The van der Waals surface area contributed by atoms with Crippen LogP contribution in [0.5, 0.6) is 0 Å². The largest absolute Gasteiger partial charge is 0.714 e. The van der Waals surface area contributed by atoms with Crippen LogP contribution >= 0.6 is 10.8 Å². The molecule has 0 heterocycles. The molecule has 0 unspecified atom stereocenters. The SMILES string of the molecule is CC(=O)OCc1ccc(S[S-])cc1.[V]. The molecule has 14 heavy (non-hydrogen) atoms. The van der Waals surface area contributed by atoms with Gasteiger partial charge in [-0.15, -0.1) is 0 Å². The number of hydrogen-bond donors (Lipinski definition) is 0. The first-order chi connectivity index (χ1) is 6.22. The molecule has 0 saturated carbocycles. The minimum Gasteiger partial charge on any atom is -0.714 e. The van der Waals surface area contributed by atoms with Gasteiger partial charge < -0.3 is 16.4 Å². The fourth-order valence-corrected chi connectivity index (χ4v) is 1.41. The summed E-state index contributed by atoms with van der Waals surface area (Å²) in [5, 5.41) is 0. The molecule has 0 aliphatic heterocycles. The van der Waals surface area contributed by atoms with E-state index in [9.17, 15) is 4.79 Å². The summed E-state index contributed by atoms with van der Waals surface area (Å²) in [6.45, 7) is 1.73. The average molecular weight is 264 g/mol. The van der Waals surface area contributed by atoms with E-state index in [1.165, 1.54) is 17.7 Å². The van der Waals surface area contributed by atoms with E-state index in [1.807, 2.05) is 24.3 Å². The first-order valence-electron chi connectivity index (χ1n) is 3.74. The Bertz CT molecular complexity index is 287. The van der Waals surface area contributed by atoms with Gasteiger partial charge in [0.25, 0.3) is 0 Å². The van der Waals surface area contributed by atoms with Crippen molar-refractivity contribution in [3.05, 3.63) is 29.8 Å². The van der Waals surface area contributed by atoms with Gasteiger partial charge in [0.2, 0.25) is 0 Å². The van der Waals surface area contributed by atoms with Crippen molar-refractivity contribution in [1.29, 1.82) is 0 Å². The molecule has 0 spiro atoms. The van der Waals surface area contributed by atoms with E-state index in [0.29, 0.717) is 6.61 Å². The molecular weight excluding hydrogens is 255 g/mol. The van der Waals surface area contributed by atoms with E-state index in [0.717, 1.165) is 10.5 Å². The van der Waals surface area contributed by atoms with E-state index >= 15 is 0 Å². The zero-order valence-electron chi connectivity index (χ0n) is 7.60. The average Bonchev–Trinajstić information content (AvgIpc) is 2.15. The molecule has 0 atom stereocenters. The molecule has 1 radical (unpaired) electrons. The smallest absolute Gasteiger partial charge is 0.302 e. The second kappa shape index (κ2) is 7.29. The number of rotatable bonds is 3. The Hall–Kier alpha value is -0.0256. The van der Waals surface area contributed by atoms with E-state index in [1.54, 1.807) is 0 Å². The van der Waals surface area contributed by atoms with Crippen LogP contribution in [0.4, 0.5) is 0 Å². The van der Waals surface area contributed by atoms with Gasteiger partial charge in [0.15, 0.2) is 0 Å². The molecule has 0 aliphatic rings. The Balaban J connectivity index is 0.00000169. The maximum Gasteiger partial charge on any atom is 0.302 e. The molecule has 0 N–H and O–H groups in total. The zero-order valence-corrected chi connectivity index (χ0v) is 10.6. The molecule has 0 bridgehead atoms. The zero-order chi connectivity index (χ0) is 9.68. The van der Waals surface area contributed by atoms with Gasteiger partial charge in [-0.3, -0.25) is 15.6 Å². The van der Waals surface area contributed by atoms with Gasteiger partial charge in [0.1, 0.15) is 6.61 Å². The third-order valence-corrected chi connectivity index (χ3v) is 2.50. The minimum atomic E-state index is -0.262. The molecule has 0 saturated heterocycles. The van der Waals surface area contributed by atoms with Gasteiger partial charge in [0.05, 0.1) is 0 Å². The molecule has 0 aromatic heterocycles. The Morgan fingerprint density at radius 2 is 2.00 bits per heavy atom. The second-order valence-corrected chi connectivity index (χ2v) is 3.65. The van der Waals surface area contributed by atoms with Crippen molar-refractivity contribution in [2.24, 2.45) is 0 Å². The Morgan fingerprint density at radius 3 is 2.43 bits per heavy atom. The van der Waals surface area contributed by atoms with Crippen molar-refractivity contribution >= 4 is 28.4 Å². The molecule has 1 aromatic rings. The summed E-state index contributed by atoms with van der Waals surface area (Å²) in [6.07, 6.45) is 0. The molecular formula is C9H9O2S2V-. The van der Waals surface area contributed by atoms with Crippen LogP contribution in [0.15, 0.2) is 29.2 Å². The van der Waals surface area contributed by atoms with Crippen LogP contribution in [-0.2, 0) is 46.4 Å². The van der Waals surface area contributed by atoms with Crippen molar-refractivity contribution in [2.75, 3.05) is 0 Å². The Labute approximate surface area is 104 Å². The van der Waals surface area contributed by atoms with Crippen LogP contribution in [0.1, 0.15) is 12.5 Å². The number of esters is 1. The van der Waals surface area contributed by atoms with Gasteiger partial charge in [0, 0.05) is 25.5 Å². The number of carbonyl (C=O) groups excluding carboxylic acids is 1. The normalized spacial score (nSPS) is 9.00. The van der Waals surface area contributed by atoms with Gasteiger partial charge in [-0.1, -0.05) is 24.3 Å². The predicted octanol–water partition coefficient (Wildman–Crippen LogP) is 2.30. The van der Waals surface area contributed by atoms with Crippen molar-refractivity contribution in [1.82, 2.24) is 0 Å². The first-order valence-corrected chi connectivity index (χ1v) is 5.48. The molecule has 0 fully saturated rings. The maximum atomic E-state index is 10.5. The predicted molar refractivity (Wildman–Crippen MR) is 55.1 cm³/mol. The van der Waals surface area contributed by atoms with Crippen LogP contribution < -0.4 is 0 Å². The Kier molecular flexibility index (Phi) is 7.28. The standard InChI is InChI=1S/C9H10O2S2.V/c1-7(10)11-6-8-2-4-9(13-12)5-3-8;/h2-5,12H,6H2,1H3;/p-1. The molecule has 2 nitrogen and oxygen atoms in total. The van der Waals surface area contributed by atoms with Gasteiger partial charge in [-0.05, 0) is 10.5 Å². The molecule has 5 heteroatoms. The number of benzene rings is 1. The van der Waals surface area contributed by atoms with Crippen LogP contribution in [-0.4, -0.2) is 5.97 Å². The maximum absolute atomic E-state index is 10.5. The number of hydrogen-bond acceptors (Lipinski definition) is 4. The molecule has 1 aromatic carbocycles. The van der Waals surface area contributed by atoms with Crippen LogP contribution in [0.2, 0.25) is 0 Å². The summed E-state index contributed by atoms with van der Waals surface area (Å²) < 4.78 is 4.83. The van der Waals surface area contributed by atoms with Gasteiger partial charge >= 0.3 is 5.97 Å². The summed E-state index contributed by atoms with van der Waals surface area (Å²) in [5.41, 5.74) is 0.975. The van der Waals surface area contributed by atoms with Crippen LogP contribution in [0.3, 0.4) is 0 Å². The van der Waals surface area contributed by atoms with Crippen LogP contribution in [0, 0.1) is 0 Å². The monoisotopic (exact) mass is 264 g/mol. The molecule has 0 aliphatic carbocycles. The van der Waals surface area contributed by atoms with Crippen molar-refractivity contribution in [3.63, 3.8) is 0 Å². The summed E-state index contributed by atoms with van der Waals surface area (Å²) >= 11 is 4.80. The first kappa shape index (κ1) is 14.0. The second-order valence-electron chi connectivity index (χ2n) is 2.51. The summed E-state index contributed by atoms with van der Waals surface area (Å²) in [7, 11) is 1.28. The number of carbonyl (C=O) groups is 1. The summed E-state index contributed by atoms with van der Waals surface area (Å²) in [4.78, 5) is 11.5. The van der Waals surface area contributed by atoms with Crippen LogP contribution in [0.25, 0.3) is 0 Å². The third kappa shape index (κ3) is 5.01. The molecule has 1 rings (SSSR count). The van der Waals surface area contributed by atoms with Crippen molar-refractivity contribution < 1.29 is 28.1 Å². The van der Waals surface area contributed by atoms with E-state index < -0.39 is 0 Å². The molecule has 0 amide bonds. The topological polar surface area (TPSA) is 26.3 Å². The Morgan fingerprint density at radius 1 is 1.43 bits per heavy atom. The third-order valence-electron chi connectivity index (χ3n) is 1.46. The van der Waals surface area contributed by atoms with Crippen molar-refractivity contribution in [3.8, 4) is 0 Å². The van der Waals surface area contributed by atoms with E-state index in [-0.39, 0.29) is 24.5 Å². The summed E-state index contributed by atoms with van der Waals surface area (Å²) in [6, 6.07) is 7.63. The van der Waals surface area contributed by atoms with Gasteiger partial charge in [-0.25, -0.2) is 0 Å². The fourth-order valence-electron chi connectivity index (χ4n) is 0.826. The van der Waals surface area contributed by atoms with Crippen molar-refractivity contribution in [2.45, 2.75) is 18.4 Å². The fraction of sp³-hybridized carbons (Fsp3) is 0.222. The van der Waals surface area contributed by atoms with E-state index in [2.05, 4.69) is 0 Å². The minimum absolute atomic E-state index is 0. The summed E-state index contributed by atoms with van der Waals surface area (Å²) in [5.74, 6) is -0.262. The van der Waals surface area contributed by atoms with E-state index in [4.69, 9.17) is 16.4 Å². The number of ether oxygens (including phenoxy) is 1. The molecule has 75 valence electrons. The quantitative estimate of drug-likeness (QED) is 0.475.